The molecule has 1 atom stereocenters. The number of hydrogen-bond donors (Lipinski definition) is 2. The molecule has 2 aromatic rings. The van der Waals surface area contributed by atoms with Crippen LogP contribution < -0.4 is 14.8 Å². The van der Waals surface area contributed by atoms with E-state index >= 15 is 0 Å². The first kappa shape index (κ1) is 17.8. The van der Waals surface area contributed by atoms with Crippen molar-refractivity contribution in [2.45, 2.75) is 43.7 Å². The predicted molar refractivity (Wildman–Crippen MR) is 99.6 cm³/mol. The highest BCUT2D eigenvalue weighted by Crippen LogP contribution is 2.31. The Labute approximate surface area is 149 Å². The summed E-state index contributed by atoms with van der Waals surface area (Å²) in [5, 5.41) is 3.38. The molecule has 1 aliphatic rings. The maximum absolute atomic E-state index is 12.4. The van der Waals surface area contributed by atoms with E-state index in [2.05, 4.69) is 23.9 Å². The van der Waals surface area contributed by atoms with E-state index in [0.717, 1.165) is 30.7 Å². The lowest BCUT2D eigenvalue weighted by Gasteiger charge is -2.27. The highest BCUT2D eigenvalue weighted by atomic mass is 32.2. The van der Waals surface area contributed by atoms with Gasteiger partial charge in [0, 0.05) is 18.7 Å². The van der Waals surface area contributed by atoms with Gasteiger partial charge in [-0.2, -0.15) is 0 Å². The Morgan fingerprint density at radius 3 is 2.64 bits per heavy atom. The first-order valence-electron chi connectivity index (χ1n) is 8.55. The summed E-state index contributed by atoms with van der Waals surface area (Å²) < 4.78 is 33.6. The highest BCUT2D eigenvalue weighted by Gasteiger charge is 2.21. The number of benzene rings is 2. The first-order valence-corrected chi connectivity index (χ1v) is 10.0. The van der Waals surface area contributed by atoms with E-state index in [-0.39, 0.29) is 11.0 Å². The van der Waals surface area contributed by atoms with Crippen molar-refractivity contribution in [1.29, 1.82) is 0 Å². The molecule has 0 radical (unpaired) electrons. The van der Waals surface area contributed by atoms with Crippen molar-refractivity contribution in [3.63, 3.8) is 0 Å². The number of anilines is 1. The molecular weight excluding hydrogens is 336 g/mol. The summed E-state index contributed by atoms with van der Waals surface area (Å²) in [7, 11) is -3.59. The fraction of sp³-hybridized carbons (Fsp3) is 0.368. The van der Waals surface area contributed by atoms with Gasteiger partial charge in [-0.1, -0.05) is 38.1 Å². The monoisotopic (exact) mass is 360 g/mol. The van der Waals surface area contributed by atoms with Crippen LogP contribution in [0.5, 0.6) is 5.75 Å². The average Bonchev–Trinajstić information content (AvgIpc) is 2.60. The van der Waals surface area contributed by atoms with Crippen molar-refractivity contribution in [3.05, 3.63) is 54.1 Å². The first-order chi connectivity index (χ1) is 11.9. The lowest BCUT2D eigenvalue weighted by Crippen LogP contribution is -2.37. The van der Waals surface area contributed by atoms with Crippen LogP contribution in [-0.2, 0) is 16.4 Å². The van der Waals surface area contributed by atoms with Crippen molar-refractivity contribution in [3.8, 4) is 5.75 Å². The molecule has 134 valence electrons. The van der Waals surface area contributed by atoms with Crippen LogP contribution in [0.4, 0.5) is 5.69 Å². The molecule has 3 rings (SSSR count). The van der Waals surface area contributed by atoms with E-state index in [4.69, 9.17) is 4.74 Å². The third-order valence-electron chi connectivity index (χ3n) is 4.16. The largest absolute Gasteiger partial charge is 0.489 e. The van der Waals surface area contributed by atoms with E-state index in [1.165, 1.54) is 0 Å². The molecule has 2 aromatic carbocycles. The van der Waals surface area contributed by atoms with Crippen molar-refractivity contribution in [2.24, 2.45) is 0 Å². The number of sulfonamides is 1. The van der Waals surface area contributed by atoms with Gasteiger partial charge >= 0.3 is 0 Å². The second kappa shape index (κ2) is 7.45. The molecule has 0 saturated carbocycles. The van der Waals surface area contributed by atoms with Crippen molar-refractivity contribution >= 4 is 15.7 Å². The van der Waals surface area contributed by atoms with Gasteiger partial charge in [0.05, 0.1) is 10.6 Å². The zero-order chi connectivity index (χ0) is 17.9. The fourth-order valence-corrected chi connectivity index (χ4v) is 3.88. The van der Waals surface area contributed by atoms with E-state index in [9.17, 15) is 8.42 Å². The molecule has 1 heterocycles. The maximum Gasteiger partial charge on any atom is 0.261 e. The topological polar surface area (TPSA) is 67.4 Å². The summed E-state index contributed by atoms with van der Waals surface area (Å²) in [5.41, 5.74) is 1.63. The molecule has 0 saturated heterocycles. The van der Waals surface area contributed by atoms with Crippen molar-refractivity contribution in [1.82, 2.24) is 5.32 Å². The van der Waals surface area contributed by atoms with E-state index < -0.39 is 10.0 Å². The quantitative estimate of drug-likeness (QED) is 0.830. The zero-order valence-corrected chi connectivity index (χ0v) is 15.3. The molecule has 0 aromatic heterocycles. The van der Waals surface area contributed by atoms with Gasteiger partial charge in [-0.15, -0.1) is 0 Å². The van der Waals surface area contributed by atoms with Crippen LogP contribution in [0.15, 0.2) is 53.4 Å². The second-order valence-electron chi connectivity index (χ2n) is 6.58. The number of rotatable bonds is 6. The number of aryl methyl sites for hydroxylation is 1. The van der Waals surface area contributed by atoms with Crippen molar-refractivity contribution in [2.75, 3.05) is 11.3 Å². The molecule has 0 spiro atoms. The Morgan fingerprint density at radius 1 is 1.16 bits per heavy atom. The van der Waals surface area contributed by atoms with Gasteiger partial charge in [0.2, 0.25) is 0 Å². The van der Waals surface area contributed by atoms with E-state index in [1.54, 1.807) is 42.5 Å². The summed E-state index contributed by atoms with van der Waals surface area (Å²) in [6.45, 7) is 5.00. The summed E-state index contributed by atoms with van der Waals surface area (Å²) in [6.07, 6.45) is 2.00. The number of nitrogens with one attached hydrogen (secondary N) is 2. The third-order valence-corrected chi connectivity index (χ3v) is 5.55. The molecule has 0 fully saturated rings. The Balaban J connectivity index is 1.74. The normalized spacial score (nSPS) is 17.0. The standard InChI is InChI=1S/C19H24N2O3S/c1-14(2)20-13-17-11-9-15-8-10-16(12-19(15)24-17)21-25(22,23)18-6-4-3-5-7-18/h3-8,10,12,14,17,20-21H,9,11,13H2,1-2H3. The van der Waals surface area contributed by atoms with E-state index in [0.29, 0.717) is 11.7 Å². The molecule has 0 bridgehead atoms. The Bertz CT molecular complexity index is 820. The van der Waals surface area contributed by atoms with Gasteiger partial charge < -0.3 is 10.1 Å². The molecule has 1 unspecified atom stereocenters. The minimum Gasteiger partial charge on any atom is -0.489 e. The summed E-state index contributed by atoms with van der Waals surface area (Å²) in [4.78, 5) is 0.243. The van der Waals surface area contributed by atoms with Gasteiger partial charge in [0.25, 0.3) is 10.0 Å². The van der Waals surface area contributed by atoms with Crippen LogP contribution in [0.3, 0.4) is 0 Å². The third kappa shape index (κ3) is 4.52. The van der Waals surface area contributed by atoms with E-state index in [1.807, 2.05) is 6.07 Å². The molecule has 0 amide bonds. The van der Waals surface area contributed by atoms with Crippen LogP contribution in [-0.4, -0.2) is 27.1 Å². The molecule has 1 aliphatic heterocycles. The second-order valence-corrected chi connectivity index (χ2v) is 8.26. The maximum atomic E-state index is 12.4. The van der Waals surface area contributed by atoms with Crippen LogP contribution >= 0.6 is 0 Å². The minimum absolute atomic E-state index is 0.107. The Hall–Kier alpha value is -2.05. The molecule has 0 aliphatic carbocycles. The molecule has 25 heavy (non-hydrogen) atoms. The Morgan fingerprint density at radius 2 is 1.92 bits per heavy atom. The number of hydrogen-bond acceptors (Lipinski definition) is 4. The van der Waals surface area contributed by atoms with Crippen molar-refractivity contribution < 1.29 is 13.2 Å². The van der Waals surface area contributed by atoms with Crippen LogP contribution in [0.2, 0.25) is 0 Å². The highest BCUT2D eigenvalue weighted by molar-refractivity contribution is 7.92. The minimum atomic E-state index is -3.59. The van der Waals surface area contributed by atoms with Crippen LogP contribution in [0, 0.1) is 0 Å². The van der Waals surface area contributed by atoms with Gasteiger partial charge in [0.1, 0.15) is 11.9 Å². The van der Waals surface area contributed by atoms with Gasteiger partial charge in [-0.25, -0.2) is 8.42 Å². The molecular formula is C19H24N2O3S. The molecule has 5 nitrogen and oxygen atoms in total. The SMILES string of the molecule is CC(C)NCC1CCc2ccc(NS(=O)(=O)c3ccccc3)cc2O1. The van der Waals surface area contributed by atoms with Crippen LogP contribution in [0.1, 0.15) is 25.8 Å². The number of ether oxygens (including phenoxy) is 1. The summed E-state index contributed by atoms with van der Waals surface area (Å²) in [5.74, 6) is 0.759. The Kier molecular flexibility index (Phi) is 5.30. The molecule has 6 heteroatoms. The summed E-state index contributed by atoms with van der Waals surface area (Å²) >= 11 is 0. The predicted octanol–water partition coefficient (Wildman–Crippen LogP) is 3.18. The van der Waals surface area contributed by atoms with Gasteiger partial charge in [0.15, 0.2) is 0 Å². The van der Waals surface area contributed by atoms with Gasteiger partial charge in [-0.05, 0) is 36.6 Å². The molecule has 2 N–H and O–H groups in total. The lowest BCUT2D eigenvalue weighted by atomic mass is 10.0. The number of fused-ring (bicyclic) bond motifs is 1. The smallest absolute Gasteiger partial charge is 0.261 e. The summed E-state index contributed by atoms with van der Waals surface area (Å²) in [6, 6.07) is 14.3. The zero-order valence-electron chi connectivity index (χ0n) is 14.5. The van der Waals surface area contributed by atoms with Gasteiger partial charge in [-0.3, -0.25) is 4.72 Å². The lowest BCUT2D eigenvalue weighted by molar-refractivity contribution is 0.168. The fourth-order valence-electron chi connectivity index (χ4n) is 2.81. The average molecular weight is 360 g/mol. The van der Waals surface area contributed by atoms with Crippen LogP contribution in [0.25, 0.3) is 0 Å².